The van der Waals surface area contributed by atoms with E-state index in [0.717, 1.165) is 45.2 Å². The predicted molar refractivity (Wildman–Crippen MR) is 114 cm³/mol. The van der Waals surface area contributed by atoms with Gasteiger partial charge in [-0.05, 0) is 32.3 Å². The summed E-state index contributed by atoms with van der Waals surface area (Å²) in [5.74, 6) is 0.877. The van der Waals surface area contributed by atoms with Crippen molar-refractivity contribution in [2.75, 3.05) is 26.2 Å². The summed E-state index contributed by atoms with van der Waals surface area (Å²) in [5, 5.41) is 10.8. The van der Waals surface area contributed by atoms with Crippen molar-refractivity contribution in [1.82, 2.24) is 20.4 Å². The van der Waals surface area contributed by atoms with E-state index in [1.54, 1.807) is 0 Å². The monoisotopic (exact) mass is 463 g/mol. The fourth-order valence-electron chi connectivity index (χ4n) is 3.00. The number of halogens is 1. The summed E-state index contributed by atoms with van der Waals surface area (Å²) in [4.78, 5) is 4.61. The van der Waals surface area contributed by atoms with Crippen molar-refractivity contribution in [3.8, 4) is 0 Å². The Bertz CT molecular complexity index is 444. The maximum Gasteiger partial charge on any atom is 0.191 e. The van der Waals surface area contributed by atoms with Crippen LogP contribution in [-0.4, -0.2) is 48.1 Å². The molecule has 1 aliphatic carbocycles. The Hall–Kier alpha value is -0.830. The summed E-state index contributed by atoms with van der Waals surface area (Å²) in [5.41, 5.74) is 0. The third kappa shape index (κ3) is 10.0. The number of ether oxygens (including phenoxy) is 1. The number of aryl methyl sites for hydroxylation is 1. The third-order valence-corrected chi connectivity index (χ3v) is 4.27. The Morgan fingerprint density at radius 1 is 1.24 bits per heavy atom. The summed E-state index contributed by atoms with van der Waals surface area (Å²) in [6.45, 7) is 6.21. The number of aliphatic imine (C=N–C) groups is 1. The number of nitrogens with one attached hydrogen (secondary N) is 2. The van der Waals surface area contributed by atoms with E-state index in [2.05, 4.69) is 27.6 Å². The lowest BCUT2D eigenvalue weighted by Crippen LogP contribution is -2.39. The van der Waals surface area contributed by atoms with Gasteiger partial charge in [0.25, 0.3) is 0 Å². The fraction of sp³-hybridized carbons (Fsp3) is 0.778. The molecule has 1 fully saturated rings. The summed E-state index contributed by atoms with van der Waals surface area (Å²) in [7, 11) is 0. The molecule has 0 amide bonds. The fourth-order valence-corrected chi connectivity index (χ4v) is 3.00. The van der Waals surface area contributed by atoms with Crippen LogP contribution in [0.3, 0.4) is 0 Å². The quantitative estimate of drug-likeness (QED) is 0.194. The van der Waals surface area contributed by atoms with E-state index in [9.17, 15) is 0 Å². The maximum atomic E-state index is 6.01. The molecule has 144 valence electrons. The van der Waals surface area contributed by atoms with Crippen LogP contribution < -0.4 is 10.6 Å². The molecule has 0 bridgehead atoms. The summed E-state index contributed by atoms with van der Waals surface area (Å²) in [6.07, 6.45) is 13.1. The Morgan fingerprint density at radius 2 is 2.04 bits per heavy atom. The van der Waals surface area contributed by atoms with Crippen molar-refractivity contribution in [3.63, 3.8) is 0 Å². The highest BCUT2D eigenvalue weighted by atomic mass is 127. The van der Waals surface area contributed by atoms with Gasteiger partial charge in [0.1, 0.15) is 0 Å². The van der Waals surface area contributed by atoms with Crippen LogP contribution >= 0.6 is 24.0 Å². The molecule has 25 heavy (non-hydrogen) atoms. The van der Waals surface area contributed by atoms with Crippen LogP contribution in [-0.2, 0) is 11.3 Å². The number of guanidine groups is 1. The average molecular weight is 463 g/mol. The highest BCUT2D eigenvalue weighted by molar-refractivity contribution is 14.0. The molecule has 1 aliphatic rings. The molecule has 6 nitrogen and oxygen atoms in total. The lowest BCUT2D eigenvalue weighted by molar-refractivity contribution is 0.0468. The van der Waals surface area contributed by atoms with Gasteiger partial charge in [-0.15, -0.1) is 24.0 Å². The second-order valence-electron chi connectivity index (χ2n) is 6.29. The van der Waals surface area contributed by atoms with E-state index in [4.69, 9.17) is 4.74 Å². The first kappa shape index (κ1) is 22.2. The van der Waals surface area contributed by atoms with E-state index < -0.39 is 0 Å². The summed E-state index contributed by atoms with van der Waals surface area (Å²) >= 11 is 0. The van der Waals surface area contributed by atoms with Gasteiger partial charge in [0, 0.05) is 38.6 Å². The van der Waals surface area contributed by atoms with Gasteiger partial charge in [0.2, 0.25) is 0 Å². The van der Waals surface area contributed by atoms with Crippen molar-refractivity contribution in [2.45, 2.75) is 64.5 Å². The van der Waals surface area contributed by atoms with Crippen LogP contribution in [0.5, 0.6) is 0 Å². The van der Waals surface area contributed by atoms with Gasteiger partial charge in [0.05, 0.1) is 12.7 Å². The third-order valence-electron chi connectivity index (χ3n) is 4.27. The van der Waals surface area contributed by atoms with Crippen molar-refractivity contribution >= 4 is 29.9 Å². The number of hydrogen-bond donors (Lipinski definition) is 2. The topological polar surface area (TPSA) is 63.5 Å². The van der Waals surface area contributed by atoms with Gasteiger partial charge < -0.3 is 15.4 Å². The van der Waals surface area contributed by atoms with Gasteiger partial charge in [0.15, 0.2) is 5.96 Å². The molecule has 0 radical (unpaired) electrons. The van der Waals surface area contributed by atoms with Gasteiger partial charge in [-0.1, -0.05) is 25.7 Å². The Labute approximate surface area is 169 Å². The minimum absolute atomic E-state index is 0. The van der Waals surface area contributed by atoms with Crippen molar-refractivity contribution in [2.24, 2.45) is 4.99 Å². The van der Waals surface area contributed by atoms with Gasteiger partial charge >= 0.3 is 0 Å². The molecule has 0 saturated heterocycles. The first-order valence-corrected chi connectivity index (χ1v) is 9.49. The molecule has 0 atom stereocenters. The molecule has 2 N–H and O–H groups in total. The van der Waals surface area contributed by atoms with Crippen molar-refractivity contribution in [1.29, 1.82) is 0 Å². The molecule has 1 aromatic rings. The normalized spacial score (nSPS) is 16.1. The van der Waals surface area contributed by atoms with E-state index in [0.29, 0.717) is 6.10 Å². The van der Waals surface area contributed by atoms with E-state index in [1.165, 1.54) is 38.5 Å². The molecule has 0 unspecified atom stereocenters. The Kier molecular flexibility index (Phi) is 12.8. The molecule has 0 aliphatic heterocycles. The number of rotatable bonds is 9. The number of nitrogens with zero attached hydrogens (tertiary/aromatic N) is 3. The molecule has 1 saturated carbocycles. The largest absolute Gasteiger partial charge is 0.376 e. The van der Waals surface area contributed by atoms with Crippen molar-refractivity contribution < 1.29 is 4.74 Å². The summed E-state index contributed by atoms with van der Waals surface area (Å²) < 4.78 is 7.95. The standard InChI is InChI=1S/C18H33N5O.HI/c1-2-19-18(20-11-7-14-23-15-8-12-22-23)21-13-16-24-17-9-5-3-4-6-10-17;/h8,12,15,17H,2-7,9-11,13-14,16H2,1H3,(H2,19,20,21);1H. The minimum Gasteiger partial charge on any atom is -0.376 e. The van der Waals surface area contributed by atoms with Crippen LogP contribution in [0.25, 0.3) is 0 Å². The Balaban J connectivity index is 0.00000312. The van der Waals surface area contributed by atoms with Crippen LogP contribution in [0.2, 0.25) is 0 Å². The zero-order chi connectivity index (χ0) is 16.9. The Morgan fingerprint density at radius 3 is 2.72 bits per heavy atom. The summed E-state index contributed by atoms with van der Waals surface area (Å²) in [6, 6.07) is 1.95. The zero-order valence-electron chi connectivity index (χ0n) is 15.5. The first-order valence-electron chi connectivity index (χ1n) is 9.49. The minimum atomic E-state index is 0. The average Bonchev–Trinajstić information content (AvgIpc) is 2.97. The second-order valence-corrected chi connectivity index (χ2v) is 6.29. The number of hydrogen-bond acceptors (Lipinski definition) is 3. The lowest BCUT2D eigenvalue weighted by atomic mass is 10.1. The first-order chi connectivity index (χ1) is 11.9. The molecule has 7 heteroatoms. The second kappa shape index (κ2) is 14.4. The molecule has 1 aromatic heterocycles. The van der Waals surface area contributed by atoms with E-state index in [1.807, 2.05) is 23.1 Å². The molecule has 0 aromatic carbocycles. The van der Waals surface area contributed by atoms with Crippen molar-refractivity contribution in [3.05, 3.63) is 18.5 Å². The van der Waals surface area contributed by atoms with E-state index in [-0.39, 0.29) is 24.0 Å². The van der Waals surface area contributed by atoms with Crippen LogP contribution in [0.15, 0.2) is 23.5 Å². The van der Waals surface area contributed by atoms with E-state index >= 15 is 0 Å². The van der Waals surface area contributed by atoms with Gasteiger partial charge in [-0.2, -0.15) is 5.10 Å². The maximum absolute atomic E-state index is 6.01. The lowest BCUT2D eigenvalue weighted by Gasteiger charge is -2.16. The molecule has 0 spiro atoms. The smallest absolute Gasteiger partial charge is 0.191 e. The predicted octanol–water partition coefficient (Wildman–Crippen LogP) is 3.19. The SMILES string of the molecule is CCNC(=NCCCn1cccn1)NCCOC1CCCCCC1.I. The molecular weight excluding hydrogens is 429 g/mol. The molecule has 1 heterocycles. The number of aromatic nitrogens is 2. The highest BCUT2D eigenvalue weighted by Gasteiger charge is 2.12. The van der Waals surface area contributed by atoms with Gasteiger partial charge in [-0.25, -0.2) is 0 Å². The van der Waals surface area contributed by atoms with Gasteiger partial charge in [-0.3, -0.25) is 9.67 Å². The van der Waals surface area contributed by atoms with Crippen LogP contribution in [0, 0.1) is 0 Å². The molecule has 2 rings (SSSR count). The van der Waals surface area contributed by atoms with Crippen LogP contribution in [0.4, 0.5) is 0 Å². The van der Waals surface area contributed by atoms with Crippen LogP contribution in [0.1, 0.15) is 51.9 Å². The molecular formula is C18H34IN5O. The highest BCUT2D eigenvalue weighted by Crippen LogP contribution is 2.19. The zero-order valence-corrected chi connectivity index (χ0v) is 17.8.